The monoisotopic (exact) mass is 244 g/mol. The molecule has 5 heteroatoms. The Hall–Kier alpha value is -0.970. The molecule has 0 heterocycles. The topological polar surface area (TPSA) is 78.5 Å². The van der Waals surface area contributed by atoms with Crippen LogP contribution in [-0.4, -0.2) is 29.0 Å². The van der Waals surface area contributed by atoms with E-state index in [9.17, 15) is 10.2 Å². The van der Waals surface area contributed by atoms with Crippen molar-refractivity contribution in [1.29, 1.82) is 0 Å². The Kier molecular flexibility index (Phi) is 4.41. The lowest BCUT2D eigenvalue weighted by molar-refractivity contribution is 0.132. The van der Waals surface area contributed by atoms with Gasteiger partial charge in [0.1, 0.15) is 0 Å². The maximum Gasteiger partial charge on any atom is 0.0832 e. The number of para-hydroxylation sites is 1. The van der Waals surface area contributed by atoms with Gasteiger partial charge < -0.3 is 21.3 Å². The molecule has 1 aromatic rings. The van der Waals surface area contributed by atoms with E-state index in [2.05, 4.69) is 5.32 Å². The van der Waals surface area contributed by atoms with Crippen LogP contribution >= 0.6 is 11.6 Å². The van der Waals surface area contributed by atoms with E-state index in [1.54, 1.807) is 18.2 Å². The molecule has 0 aromatic heterocycles. The predicted octanol–water partition coefficient (Wildman–Crippen LogP) is 1.47. The minimum absolute atomic E-state index is 0.175. The van der Waals surface area contributed by atoms with Gasteiger partial charge in [0.05, 0.1) is 35.2 Å². The van der Waals surface area contributed by atoms with Gasteiger partial charge in [-0.2, -0.15) is 0 Å². The zero-order valence-corrected chi connectivity index (χ0v) is 9.96. The van der Waals surface area contributed by atoms with Crippen molar-refractivity contribution in [3.05, 3.63) is 23.2 Å². The number of rotatable bonds is 5. The van der Waals surface area contributed by atoms with Crippen LogP contribution in [-0.2, 0) is 0 Å². The van der Waals surface area contributed by atoms with Crippen LogP contribution in [0, 0.1) is 0 Å². The third-order valence-electron chi connectivity index (χ3n) is 2.73. The summed E-state index contributed by atoms with van der Waals surface area (Å²) in [5, 5.41) is 22.1. The van der Waals surface area contributed by atoms with Gasteiger partial charge in [0.2, 0.25) is 0 Å². The fourth-order valence-corrected chi connectivity index (χ4v) is 1.55. The Labute approximate surface area is 100 Å². The first kappa shape index (κ1) is 13.1. The molecule has 0 amide bonds. The quantitative estimate of drug-likeness (QED) is 0.592. The Bertz CT molecular complexity index is 346. The van der Waals surface area contributed by atoms with Crippen molar-refractivity contribution in [3.8, 4) is 0 Å². The number of nitrogens with two attached hydrogens (primary N) is 1. The van der Waals surface area contributed by atoms with Gasteiger partial charge in [-0.15, -0.1) is 0 Å². The van der Waals surface area contributed by atoms with Crippen molar-refractivity contribution in [2.75, 3.05) is 24.3 Å². The van der Waals surface area contributed by atoms with E-state index in [0.717, 1.165) is 0 Å². The van der Waals surface area contributed by atoms with E-state index in [4.69, 9.17) is 17.3 Å². The normalized spacial score (nSPS) is 11.5. The maximum atomic E-state index is 9.30. The van der Waals surface area contributed by atoms with Gasteiger partial charge >= 0.3 is 0 Å². The first-order valence-electron chi connectivity index (χ1n) is 5.12. The van der Waals surface area contributed by atoms with E-state index in [0.29, 0.717) is 22.8 Å². The number of anilines is 2. The number of aliphatic hydroxyl groups is 2. The van der Waals surface area contributed by atoms with Gasteiger partial charge in [-0.25, -0.2) is 0 Å². The Balaban J connectivity index is 2.98. The van der Waals surface area contributed by atoms with Crippen LogP contribution < -0.4 is 11.1 Å². The van der Waals surface area contributed by atoms with Crippen LogP contribution in [0.4, 0.5) is 11.4 Å². The van der Waals surface area contributed by atoms with E-state index in [-0.39, 0.29) is 13.2 Å². The average Bonchev–Trinajstić information content (AvgIpc) is 2.32. The molecule has 0 saturated heterocycles. The second-order valence-corrected chi connectivity index (χ2v) is 4.18. The third-order valence-corrected chi connectivity index (χ3v) is 3.06. The minimum Gasteiger partial charge on any atom is -0.396 e. The van der Waals surface area contributed by atoms with Crippen LogP contribution in [0.3, 0.4) is 0 Å². The molecule has 4 nitrogen and oxygen atoms in total. The third kappa shape index (κ3) is 2.58. The highest BCUT2D eigenvalue weighted by Crippen LogP contribution is 2.29. The molecule has 1 aromatic carbocycles. The zero-order chi connectivity index (χ0) is 12.2. The SMILES string of the molecule is CCC(CO)(CO)Nc1cccc(Cl)c1N. The van der Waals surface area contributed by atoms with Crippen molar-refractivity contribution in [1.82, 2.24) is 0 Å². The molecule has 0 radical (unpaired) electrons. The van der Waals surface area contributed by atoms with Crippen molar-refractivity contribution in [2.24, 2.45) is 0 Å². The molecular weight excluding hydrogens is 228 g/mol. The molecule has 0 unspecified atom stereocenters. The van der Waals surface area contributed by atoms with Crippen molar-refractivity contribution in [3.63, 3.8) is 0 Å². The second-order valence-electron chi connectivity index (χ2n) is 3.78. The highest BCUT2D eigenvalue weighted by molar-refractivity contribution is 6.33. The maximum absolute atomic E-state index is 9.30. The summed E-state index contributed by atoms with van der Waals surface area (Å²) in [5.41, 5.74) is 6.07. The first-order valence-corrected chi connectivity index (χ1v) is 5.50. The summed E-state index contributed by atoms with van der Waals surface area (Å²) in [5.74, 6) is 0. The van der Waals surface area contributed by atoms with Crippen LogP contribution in [0.2, 0.25) is 5.02 Å². The molecule has 5 N–H and O–H groups in total. The van der Waals surface area contributed by atoms with Crippen molar-refractivity contribution in [2.45, 2.75) is 18.9 Å². The van der Waals surface area contributed by atoms with E-state index in [1.807, 2.05) is 6.92 Å². The molecular formula is C11H17ClN2O2. The largest absolute Gasteiger partial charge is 0.396 e. The summed E-state index contributed by atoms with van der Waals surface area (Å²) in [4.78, 5) is 0. The lowest BCUT2D eigenvalue weighted by Crippen LogP contribution is -2.45. The molecule has 0 atom stereocenters. The van der Waals surface area contributed by atoms with E-state index >= 15 is 0 Å². The summed E-state index contributed by atoms with van der Waals surface area (Å²) < 4.78 is 0. The highest BCUT2D eigenvalue weighted by atomic mass is 35.5. The fourth-order valence-electron chi connectivity index (χ4n) is 1.37. The summed E-state index contributed by atoms with van der Waals surface area (Å²) in [6.45, 7) is 1.53. The molecule has 0 fully saturated rings. The highest BCUT2D eigenvalue weighted by Gasteiger charge is 2.27. The molecule has 0 spiro atoms. The first-order chi connectivity index (χ1) is 7.58. The zero-order valence-electron chi connectivity index (χ0n) is 9.20. The number of aliphatic hydroxyl groups excluding tert-OH is 2. The molecule has 1 rings (SSSR count). The van der Waals surface area contributed by atoms with Gasteiger partial charge in [0, 0.05) is 0 Å². The summed E-state index contributed by atoms with van der Waals surface area (Å²) >= 11 is 5.88. The Morgan fingerprint density at radius 1 is 1.38 bits per heavy atom. The van der Waals surface area contributed by atoms with E-state index < -0.39 is 5.54 Å². The number of benzene rings is 1. The van der Waals surface area contributed by atoms with Gasteiger partial charge in [-0.3, -0.25) is 0 Å². The smallest absolute Gasteiger partial charge is 0.0832 e. The van der Waals surface area contributed by atoms with E-state index in [1.165, 1.54) is 0 Å². The van der Waals surface area contributed by atoms with Gasteiger partial charge in [-0.05, 0) is 18.6 Å². The van der Waals surface area contributed by atoms with Gasteiger partial charge in [0.15, 0.2) is 0 Å². The summed E-state index contributed by atoms with van der Waals surface area (Å²) in [7, 11) is 0. The second kappa shape index (κ2) is 5.39. The molecule has 0 saturated carbocycles. The Morgan fingerprint density at radius 3 is 2.50 bits per heavy atom. The lowest BCUT2D eigenvalue weighted by Gasteiger charge is -2.31. The molecule has 90 valence electrons. The van der Waals surface area contributed by atoms with Crippen LogP contribution in [0.5, 0.6) is 0 Å². The minimum atomic E-state index is -0.765. The number of hydrogen-bond acceptors (Lipinski definition) is 4. The van der Waals surface area contributed by atoms with Crippen LogP contribution in [0.25, 0.3) is 0 Å². The molecule has 0 bridgehead atoms. The van der Waals surface area contributed by atoms with Crippen molar-refractivity contribution < 1.29 is 10.2 Å². The van der Waals surface area contributed by atoms with Crippen LogP contribution in [0.1, 0.15) is 13.3 Å². The number of halogens is 1. The van der Waals surface area contributed by atoms with Gasteiger partial charge in [-0.1, -0.05) is 24.6 Å². The van der Waals surface area contributed by atoms with Crippen LogP contribution in [0.15, 0.2) is 18.2 Å². The number of hydrogen-bond donors (Lipinski definition) is 4. The molecule has 0 aliphatic carbocycles. The average molecular weight is 245 g/mol. The van der Waals surface area contributed by atoms with Crippen molar-refractivity contribution >= 4 is 23.0 Å². The fraction of sp³-hybridized carbons (Fsp3) is 0.455. The summed E-state index contributed by atoms with van der Waals surface area (Å²) in [6, 6.07) is 5.21. The number of nitrogen functional groups attached to an aromatic ring is 1. The van der Waals surface area contributed by atoms with Gasteiger partial charge in [0.25, 0.3) is 0 Å². The summed E-state index contributed by atoms with van der Waals surface area (Å²) in [6.07, 6.45) is 0.575. The Morgan fingerprint density at radius 2 is 2.00 bits per heavy atom. The molecule has 16 heavy (non-hydrogen) atoms. The lowest BCUT2D eigenvalue weighted by atomic mass is 9.98. The molecule has 0 aliphatic rings. The standard InChI is InChI=1S/C11H17ClN2O2/c1-2-11(6-15,7-16)14-9-5-3-4-8(12)10(9)13/h3-5,14-16H,2,6-7,13H2,1H3. The molecule has 0 aliphatic heterocycles. The number of nitrogens with one attached hydrogen (secondary N) is 1. The predicted molar refractivity (Wildman–Crippen MR) is 66.7 cm³/mol.